The van der Waals surface area contributed by atoms with Crippen LogP contribution in [0.4, 0.5) is 17.3 Å². The highest BCUT2D eigenvalue weighted by molar-refractivity contribution is 6.03. The van der Waals surface area contributed by atoms with Crippen molar-refractivity contribution in [2.75, 3.05) is 17.7 Å². The molecule has 1 aromatic heterocycles. The third kappa shape index (κ3) is 4.32. The van der Waals surface area contributed by atoms with Crippen LogP contribution >= 0.6 is 0 Å². The van der Waals surface area contributed by atoms with Gasteiger partial charge in [0.25, 0.3) is 5.91 Å². The number of carbonyl (C=O) groups is 1. The predicted octanol–water partition coefficient (Wildman–Crippen LogP) is 3.79. The molecule has 0 aliphatic rings. The molecule has 3 rings (SSSR count). The summed E-state index contributed by atoms with van der Waals surface area (Å²) in [6.07, 6.45) is 2.98. The normalized spacial score (nSPS) is 10.2. The minimum atomic E-state index is -0.250. The van der Waals surface area contributed by atoms with Gasteiger partial charge in [-0.25, -0.2) is 9.97 Å². The van der Waals surface area contributed by atoms with Gasteiger partial charge < -0.3 is 15.4 Å². The zero-order chi connectivity index (χ0) is 17.6. The summed E-state index contributed by atoms with van der Waals surface area (Å²) < 4.78 is 5.11. The Labute approximate surface area is 145 Å². The lowest BCUT2D eigenvalue weighted by Gasteiger charge is -2.07. The van der Waals surface area contributed by atoms with E-state index in [0.29, 0.717) is 11.5 Å². The van der Waals surface area contributed by atoms with Crippen LogP contribution in [0.15, 0.2) is 60.9 Å². The molecular weight excluding hydrogens is 316 g/mol. The molecule has 0 radical (unpaired) electrons. The molecular formula is C19H18N4O2. The van der Waals surface area contributed by atoms with E-state index in [-0.39, 0.29) is 5.91 Å². The van der Waals surface area contributed by atoms with Gasteiger partial charge in [0.2, 0.25) is 5.95 Å². The summed E-state index contributed by atoms with van der Waals surface area (Å²) in [5.74, 6) is 0.937. The standard InChI is InChI=1S/C19H18N4O2/c1-13-3-5-15(6-4-13)22-18(24)14-11-20-19(21-12-14)23-16-7-9-17(25-2)10-8-16/h3-12H,1-2H3,(H,22,24)(H,20,21,23). The monoisotopic (exact) mass is 334 g/mol. The summed E-state index contributed by atoms with van der Waals surface area (Å²) >= 11 is 0. The molecule has 0 saturated heterocycles. The molecule has 0 saturated carbocycles. The van der Waals surface area contributed by atoms with Gasteiger partial charge in [0.05, 0.1) is 12.7 Å². The van der Waals surface area contributed by atoms with E-state index in [1.165, 1.54) is 12.4 Å². The van der Waals surface area contributed by atoms with Crippen molar-refractivity contribution in [3.05, 3.63) is 72.1 Å². The van der Waals surface area contributed by atoms with E-state index in [1.54, 1.807) is 7.11 Å². The first-order valence-electron chi connectivity index (χ1n) is 7.75. The number of aromatic nitrogens is 2. The van der Waals surface area contributed by atoms with Gasteiger partial charge in [0.1, 0.15) is 5.75 Å². The topological polar surface area (TPSA) is 76.1 Å². The molecule has 0 unspecified atom stereocenters. The van der Waals surface area contributed by atoms with E-state index >= 15 is 0 Å². The summed E-state index contributed by atoms with van der Waals surface area (Å²) in [6, 6.07) is 15.0. The van der Waals surface area contributed by atoms with E-state index in [2.05, 4.69) is 20.6 Å². The van der Waals surface area contributed by atoms with E-state index in [0.717, 1.165) is 22.7 Å². The zero-order valence-electron chi connectivity index (χ0n) is 14.0. The van der Waals surface area contributed by atoms with Crippen LogP contribution in [0.2, 0.25) is 0 Å². The molecule has 6 nitrogen and oxygen atoms in total. The summed E-state index contributed by atoms with van der Waals surface area (Å²) in [4.78, 5) is 20.6. The lowest BCUT2D eigenvalue weighted by atomic mass is 10.2. The largest absolute Gasteiger partial charge is 0.497 e. The first-order valence-corrected chi connectivity index (χ1v) is 7.75. The van der Waals surface area contributed by atoms with E-state index < -0.39 is 0 Å². The number of carbonyl (C=O) groups excluding carboxylic acids is 1. The maximum absolute atomic E-state index is 12.2. The SMILES string of the molecule is COc1ccc(Nc2ncc(C(=O)Nc3ccc(C)cc3)cn2)cc1. The maximum Gasteiger partial charge on any atom is 0.258 e. The Balaban J connectivity index is 1.64. The maximum atomic E-state index is 12.2. The molecule has 0 bridgehead atoms. The van der Waals surface area contributed by atoms with Gasteiger partial charge in [-0.1, -0.05) is 17.7 Å². The minimum absolute atomic E-state index is 0.250. The highest BCUT2D eigenvalue weighted by Crippen LogP contribution is 2.18. The van der Waals surface area contributed by atoms with Crippen LogP contribution in [0.25, 0.3) is 0 Å². The molecule has 2 aromatic carbocycles. The molecule has 0 fully saturated rings. The summed E-state index contributed by atoms with van der Waals surface area (Å²) in [5, 5.41) is 5.88. The molecule has 1 amide bonds. The lowest BCUT2D eigenvalue weighted by Crippen LogP contribution is -2.13. The van der Waals surface area contributed by atoms with Crippen LogP contribution < -0.4 is 15.4 Å². The van der Waals surface area contributed by atoms with Crippen molar-refractivity contribution in [2.45, 2.75) is 6.92 Å². The Morgan fingerprint density at radius 1 is 0.920 bits per heavy atom. The number of rotatable bonds is 5. The van der Waals surface area contributed by atoms with Crippen molar-refractivity contribution in [3.63, 3.8) is 0 Å². The van der Waals surface area contributed by atoms with Crippen molar-refractivity contribution in [2.24, 2.45) is 0 Å². The Morgan fingerprint density at radius 2 is 1.52 bits per heavy atom. The number of hydrogen-bond acceptors (Lipinski definition) is 5. The molecule has 6 heteroatoms. The van der Waals surface area contributed by atoms with Crippen molar-refractivity contribution in [1.29, 1.82) is 0 Å². The summed E-state index contributed by atoms with van der Waals surface area (Å²) in [7, 11) is 1.62. The number of nitrogens with zero attached hydrogens (tertiary/aromatic N) is 2. The third-order valence-electron chi connectivity index (χ3n) is 3.57. The number of anilines is 3. The molecule has 0 spiro atoms. The summed E-state index contributed by atoms with van der Waals surface area (Å²) in [6.45, 7) is 1.99. The number of amides is 1. The van der Waals surface area contributed by atoms with Crippen LogP contribution in [-0.4, -0.2) is 23.0 Å². The molecule has 2 N–H and O–H groups in total. The van der Waals surface area contributed by atoms with Gasteiger partial charge in [0, 0.05) is 23.8 Å². The van der Waals surface area contributed by atoms with E-state index in [9.17, 15) is 4.79 Å². The van der Waals surface area contributed by atoms with Crippen molar-refractivity contribution in [1.82, 2.24) is 9.97 Å². The van der Waals surface area contributed by atoms with Gasteiger partial charge in [-0.15, -0.1) is 0 Å². The Morgan fingerprint density at radius 3 is 2.12 bits per heavy atom. The average Bonchev–Trinajstić information content (AvgIpc) is 2.65. The zero-order valence-corrected chi connectivity index (χ0v) is 14.0. The van der Waals surface area contributed by atoms with Crippen LogP contribution in [0.5, 0.6) is 5.75 Å². The number of aryl methyl sites for hydroxylation is 1. The lowest BCUT2D eigenvalue weighted by molar-refractivity contribution is 0.102. The van der Waals surface area contributed by atoms with Gasteiger partial charge >= 0.3 is 0 Å². The highest BCUT2D eigenvalue weighted by atomic mass is 16.5. The second-order valence-electron chi connectivity index (χ2n) is 5.47. The number of methoxy groups -OCH3 is 1. The molecule has 3 aromatic rings. The quantitative estimate of drug-likeness (QED) is 0.742. The smallest absolute Gasteiger partial charge is 0.258 e. The molecule has 1 heterocycles. The van der Waals surface area contributed by atoms with Gasteiger partial charge in [-0.3, -0.25) is 4.79 Å². The van der Waals surface area contributed by atoms with Gasteiger partial charge in [-0.05, 0) is 43.3 Å². The Hall–Kier alpha value is -3.41. The fourth-order valence-electron chi connectivity index (χ4n) is 2.15. The highest BCUT2D eigenvalue weighted by Gasteiger charge is 2.08. The third-order valence-corrected chi connectivity index (χ3v) is 3.57. The van der Waals surface area contributed by atoms with Crippen molar-refractivity contribution >= 4 is 23.2 Å². The van der Waals surface area contributed by atoms with Crippen molar-refractivity contribution in [3.8, 4) is 5.75 Å². The number of nitrogens with one attached hydrogen (secondary N) is 2. The second kappa shape index (κ2) is 7.44. The fourth-order valence-corrected chi connectivity index (χ4v) is 2.15. The van der Waals surface area contributed by atoms with Crippen LogP contribution in [-0.2, 0) is 0 Å². The molecule has 0 aliphatic carbocycles. The van der Waals surface area contributed by atoms with Crippen LogP contribution in [0.3, 0.4) is 0 Å². The predicted molar refractivity (Wildman–Crippen MR) is 97.4 cm³/mol. The second-order valence-corrected chi connectivity index (χ2v) is 5.47. The summed E-state index contributed by atoms with van der Waals surface area (Å²) in [5.41, 5.74) is 3.09. The molecule has 0 aliphatic heterocycles. The minimum Gasteiger partial charge on any atom is -0.497 e. The molecule has 25 heavy (non-hydrogen) atoms. The average molecular weight is 334 g/mol. The molecule has 126 valence electrons. The van der Waals surface area contributed by atoms with Crippen LogP contribution in [0, 0.1) is 6.92 Å². The Kier molecular flexibility index (Phi) is 4.89. The first kappa shape index (κ1) is 16.4. The molecule has 0 atom stereocenters. The Bertz CT molecular complexity index is 844. The fraction of sp³-hybridized carbons (Fsp3) is 0.105. The van der Waals surface area contributed by atoms with Crippen LogP contribution in [0.1, 0.15) is 15.9 Å². The van der Waals surface area contributed by atoms with E-state index in [1.807, 2.05) is 55.5 Å². The first-order chi connectivity index (χ1) is 12.1. The van der Waals surface area contributed by atoms with Crippen molar-refractivity contribution < 1.29 is 9.53 Å². The number of ether oxygens (including phenoxy) is 1. The number of hydrogen-bond donors (Lipinski definition) is 2. The number of benzene rings is 2. The van der Waals surface area contributed by atoms with Gasteiger partial charge in [-0.2, -0.15) is 0 Å². The van der Waals surface area contributed by atoms with Gasteiger partial charge in [0.15, 0.2) is 0 Å². The van der Waals surface area contributed by atoms with E-state index in [4.69, 9.17) is 4.74 Å².